The molecule has 4 atom stereocenters. The van der Waals surface area contributed by atoms with Crippen molar-refractivity contribution in [3.05, 3.63) is 0 Å². The van der Waals surface area contributed by atoms with Crippen molar-refractivity contribution in [1.82, 2.24) is 5.32 Å². The van der Waals surface area contributed by atoms with Crippen molar-refractivity contribution in [3.8, 4) is 0 Å². The molecule has 3 nitrogen and oxygen atoms in total. The van der Waals surface area contributed by atoms with Crippen LogP contribution < -0.4 is 5.32 Å². The normalized spacial score (nSPS) is 31.6. The molecule has 0 aromatic rings. The van der Waals surface area contributed by atoms with Gasteiger partial charge in [-0.3, -0.25) is 0 Å². The zero-order valence-electron chi connectivity index (χ0n) is 13.8. The Morgan fingerprint density at radius 1 is 1.10 bits per heavy atom. The SMILES string of the molecule is CCCNC(CCS(C)(=O)=O)C1CCC2CCCCC2C1. The summed E-state index contributed by atoms with van der Waals surface area (Å²) in [7, 11) is -2.85. The lowest BCUT2D eigenvalue weighted by molar-refractivity contribution is 0.108. The first-order valence-electron chi connectivity index (χ1n) is 8.90. The Bertz CT molecular complexity index is 407. The van der Waals surface area contributed by atoms with Gasteiger partial charge >= 0.3 is 0 Å². The van der Waals surface area contributed by atoms with E-state index in [4.69, 9.17) is 0 Å². The van der Waals surface area contributed by atoms with Crippen LogP contribution in [0.4, 0.5) is 0 Å². The summed E-state index contributed by atoms with van der Waals surface area (Å²) in [4.78, 5) is 0. The van der Waals surface area contributed by atoms with Crippen molar-refractivity contribution >= 4 is 9.84 Å². The van der Waals surface area contributed by atoms with E-state index in [1.807, 2.05) is 0 Å². The Labute approximate surface area is 131 Å². The second kappa shape index (κ2) is 7.96. The summed E-state index contributed by atoms with van der Waals surface area (Å²) in [6.07, 6.45) is 13.0. The average Bonchev–Trinajstić information content (AvgIpc) is 2.46. The van der Waals surface area contributed by atoms with Crippen molar-refractivity contribution < 1.29 is 8.42 Å². The number of hydrogen-bond acceptors (Lipinski definition) is 3. The monoisotopic (exact) mass is 315 g/mol. The van der Waals surface area contributed by atoms with Crippen LogP contribution in [0.2, 0.25) is 0 Å². The molecule has 0 spiro atoms. The maximum atomic E-state index is 11.5. The van der Waals surface area contributed by atoms with Crippen LogP contribution in [0.25, 0.3) is 0 Å². The minimum atomic E-state index is -2.85. The topological polar surface area (TPSA) is 46.2 Å². The van der Waals surface area contributed by atoms with Gasteiger partial charge in [0.25, 0.3) is 0 Å². The predicted molar refractivity (Wildman–Crippen MR) is 89.2 cm³/mol. The van der Waals surface area contributed by atoms with E-state index in [0.29, 0.717) is 17.7 Å². The van der Waals surface area contributed by atoms with Gasteiger partial charge < -0.3 is 5.32 Å². The van der Waals surface area contributed by atoms with Gasteiger partial charge in [-0.05, 0) is 56.4 Å². The third kappa shape index (κ3) is 5.55. The highest BCUT2D eigenvalue weighted by Crippen LogP contribution is 2.43. The quantitative estimate of drug-likeness (QED) is 0.783. The molecule has 2 rings (SSSR count). The average molecular weight is 316 g/mol. The lowest BCUT2D eigenvalue weighted by atomic mass is 9.66. The molecular formula is C17H33NO2S. The van der Waals surface area contributed by atoms with E-state index in [1.165, 1.54) is 51.2 Å². The number of sulfone groups is 1. The van der Waals surface area contributed by atoms with Gasteiger partial charge in [-0.25, -0.2) is 8.42 Å². The summed E-state index contributed by atoms with van der Waals surface area (Å²) in [5.41, 5.74) is 0. The largest absolute Gasteiger partial charge is 0.314 e. The van der Waals surface area contributed by atoms with Crippen LogP contribution >= 0.6 is 0 Å². The molecule has 0 aromatic heterocycles. The molecule has 2 saturated carbocycles. The molecule has 0 radical (unpaired) electrons. The van der Waals surface area contributed by atoms with Gasteiger partial charge in [0.2, 0.25) is 0 Å². The van der Waals surface area contributed by atoms with E-state index in [0.717, 1.165) is 31.2 Å². The fraction of sp³-hybridized carbons (Fsp3) is 1.00. The van der Waals surface area contributed by atoms with E-state index in [-0.39, 0.29) is 0 Å². The van der Waals surface area contributed by atoms with Gasteiger partial charge in [0.05, 0.1) is 5.75 Å². The van der Waals surface area contributed by atoms with Crippen molar-refractivity contribution in [2.75, 3.05) is 18.6 Å². The highest BCUT2D eigenvalue weighted by molar-refractivity contribution is 7.90. The summed E-state index contributed by atoms with van der Waals surface area (Å²) >= 11 is 0. The van der Waals surface area contributed by atoms with Crippen molar-refractivity contribution in [2.45, 2.75) is 70.8 Å². The van der Waals surface area contributed by atoms with Gasteiger partial charge in [-0.1, -0.05) is 32.6 Å². The van der Waals surface area contributed by atoms with Crippen molar-refractivity contribution in [3.63, 3.8) is 0 Å². The van der Waals surface area contributed by atoms with E-state index in [9.17, 15) is 8.42 Å². The van der Waals surface area contributed by atoms with Crippen LogP contribution in [-0.4, -0.2) is 33.0 Å². The second-order valence-corrected chi connectivity index (χ2v) is 9.62. The maximum absolute atomic E-state index is 11.5. The van der Waals surface area contributed by atoms with Crippen LogP contribution in [0.5, 0.6) is 0 Å². The van der Waals surface area contributed by atoms with Crippen LogP contribution in [0.15, 0.2) is 0 Å². The third-order valence-corrected chi connectivity index (χ3v) is 6.58. The summed E-state index contributed by atoms with van der Waals surface area (Å²) in [6.45, 7) is 3.19. The van der Waals surface area contributed by atoms with Gasteiger partial charge in [-0.15, -0.1) is 0 Å². The zero-order valence-corrected chi connectivity index (χ0v) is 14.6. The first-order valence-corrected chi connectivity index (χ1v) is 11.0. The van der Waals surface area contributed by atoms with Gasteiger partial charge in [0.1, 0.15) is 9.84 Å². The smallest absolute Gasteiger partial charge is 0.147 e. The van der Waals surface area contributed by atoms with Gasteiger partial charge in [0.15, 0.2) is 0 Å². The molecule has 0 aliphatic heterocycles. The lowest BCUT2D eigenvalue weighted by Crippen LogP contribution is -2.42. The van der Waals surface area contributed by atoms with E-state index in [1.54, 1.807) is 0 Å². The molecular weight excluding hydrogens is 282 g/mol. The number of rotatable bonds is 7. The van der Waals surface area contributed by atoms with E-state index in [2.05, 4.69) is 12.2 Å². The van der Waals surface area contributed by atoms with Crippen LogP contribution in [0.3, 0.4) is 0 Å². The third-order valence-electron chi connectivity index (χ3n) is 5.61. The van der Waals surface area contributed by atoms with Gasteiger partial charge in [-0.2, -0.15) is 0 Å². The molecule has 0 heterocycles. The Hall–Kier alpha value is -0.0900. The van der Waals surface area contributed by atoms with Crippen molar-refractivity contribution in [2.24, 2.45) is 17.8 Å². The van der Waals surface area contributed by atoms with Crippen LogP contribution in [0, 0.1) is 17.8 Å². The summed E-state index contributed by atoms with van der Waals surface area (Å²) < 4.78 is 23.0. The minimum Gasteiger partial charge on any atom is -0.314 e. The molecule has 0 bridgehead atoms. The second-order valence-electron chi connectivity index (χ2n) is 7.36. The van der Waals surface area contributed by atoms with E-state index < -0.39 is 9.84 Å². The minimum absolute atomic E-state index is 0.332. The van der Waals surface area contributed by atoms with Crippen LogP contribution in [0.1, 0.15) is 64.7 Å². The highest BCUT2D eigenvalue weighted by Gasteiger charge is 2.35. The summed E-state index contributed by atoms with van der Waals surface area (Å²) in [6, 6.07) is 0.405. The molecule has 2 aliphatic carbocycles. The first-order chi connectivity index (χ1) is 9.99. The standard InChI is InChI=1S/C17H33NO2S/c1-3-11-18-17(10-12-21(2,19)20)16-9-8-14-6-4-5-7-15(14)13-16/h14-18H,3-13H2,1-2H3. The number of fused-ring (bicyclic) bond motifs is 1. The molecule has 0 saturated heterocycles. The van der Waals surface area contributed by atoms with Crippen LogP contribution in [-0.2, 0) is 9.84 Å². The fourth-order valence-corrected chi connectivity index (χ4v) is 5.13. The maximum Gasteiger partial charge on any atom is 0.147 e. The predicted octanol–water partition coefficient (Wildman–Crippen LogP) is 3.40. The first kappa shape index (κ1) is 17.3. The van der Waals surface area contributed by atoms with E-state index >= 15 is 0 Å². The summed E-state index contributed by atoms with van der Waals surface area (Å²) in [5.74, 6) is 2.91. The molecule has 2 fully saturated rings. The molecule has 4 heteroatoms. The molecule has 21 heavy (non-hydrogen) atoms. The van der Waals surface area contributed by atoms with Crippen molar-refractivity contribution in [1.29, 1.82) is 0 Å². The summed E-state index contributed by atoms with van der Waals surface area (Å²) in [5, 5.41) is 3.64. The molecule has 1 N–H and O–H groups in total. The highest BCUT2D eigenvalue weighted by atomic mass is 32.2. The number of nitrogens with one attached hydrogen (secondary N) is 1. The molecule has 2 aliphatic rings. The lowest BCUT2D eigenvalue weighted by Gasteiger charge is -2.42. The molecule has 0 aromatic carbocycles. The molecule has 0 amide bonds. The molecule has 124 valence electrons. The Balaban J connectivity index is 1.92. The van der Waals surface area contributed by atoms with Gasteiger partial charge in [0, 0.05) is 12.3 Å². The number of hydrogen-bond donors (Lipinski definition) is 1. The molecule has 4 unspecified atom stereocenters. The Morgan fingerprint density at radius 3 is 2.48 bits per heavy atom. The Morgan fingerprint density at radius 2 is 1.81 bits per heavy atom. The fourth-order valence-electron chi connectivity index (χ4n) is 4.45. The Kier molecular flexibility index (Phi) is 6.54. The zero-order chi connectivity index (χ0) is 15.3.